The predicted molar refractivity (Wildman–Crippen MR) is 23.4 cm³/mol. The Morgan fingerprint density at radius 1 is 2.00 bits per heavy atom. The van der Waals surface area contributed by atoms with Gasteiger partial charge in [0.25, 0.3) is 0 Å². The molecular weight excluding hydrogens is 70.1 g/mol. The summed E-state index contributed by atoms with van der Waals surface area (Å²) < 4.78 is 0. The summed E-state index contributed by atoms with van der Waals surface area (Å²) >= 11 is 3.63. The maximum Gasteiger partial charge on any atom is 0.0507 e. The molecule has 0 fully saturated rings. The van der Waals surface area contributed by atoms with Crippen molar-refractivity contribution in [3.05, 3.63) is 0 Å². The molecule has 0 aliphatic carbocycles. The second-order valence-corrected chi connectivity index (χ2v) is 0.605. The molecule has 0 aromatic rings. The third-order valence-corrected chi connectivity index (χ3v) is 0.346. The molecule has 4 heavy (non-hydrogen) atoms. The van der Waals surface area contributed by atoms with E-state index in [-0.39, 0.29) is 0 Å². The first kappa shape index (κ1) is 4.02. The second-order valence-electron chi connectivity index (χ2n) is 0.374. The van der Waals surface area contributed by atoms with E-state index in [0.717, 1.165) is 0 Å². The van der Waals surface area contributed by atoms with Crippen LogP contribution in [0.5, 0.6) is 0 Å². The highest BCUT2D eigenvalue weighted by Crippen LogP contribution is 1.52. The molecule has 0 atom stereocenters. The third-order valence-electron chi connectivity index (χ3n) is 0.115. The first-order valence-electron chi connectivity index (χ1n) is 0.964. The Kier molecular flexibility index (Phi) is 3.04. The van der Waals surface area contributed by atoms with Gasteiger partial charge in [-0.15, -0.1) is 12.6 Å². The molecule has 1 nitrogen and oxygen atoms in total. The second kappa shape index (κ2) is 3.02. The van der Waals surface area contributed by atoms with Crippen molar-refractivity contribution >= 4 is 18.2 Å². The molecule has 0 saturated carbocycles. The Balaban J connectivity index is 2.55. The number of thiol groups is 1. The summed E-state index contributed by atoms with van der Waals surface area (Å²) in [6, 6.07) is 0. The molecule has 24 valence electrons. The quantitative estimate of drug-likeness (QED) is 0.245. The van der Waals surface area contributed by atoms with Crippen LogP contribution in [-0.2, 0) is 0 Å². The molecule has 0 bridgehead atoms. The van der Waals surface area contributed by atoms with Gasteiger partial charge in [-0.25, -0.2) is 0 Å². The summed E-state index contributed by atoms with van der Waals surface area (Å²) in [6.45, 7) is 0. The summed E-state index contributed by atoms with van der Waals surface area (Å²) in [5.41, 5.74) is 1.44. The Labute approximate surface area is 31.2 Å². The van der Waals surface area contributed by atoms with Crippen molar-refractivity contribution in [3.8, 4) is 0 Å². The van der Waals surface area contributed by atoms with Crippen molar-refractivity contribution < 1.29 is 0 Å². The van der Waals surface area contributed by atoms with Crippen LogP contribution in [0.2, 0.25) is 0 Å². The molecule has 0 radical (unpaired) electrons. The number of aliphatic imine (C=N–C) groups is 1. The lowest BCUT2D eigenvalue weighted by molar-refractivity contribution is 1.49. The zero-order chi connectivity index (χ0) is 3.41. The van der Waals surface area contributed by atoms with Gasteiger partial charge in [-0.3, -0.25) is 4.99 Å². The van der Waals surface area contributed by atoms with Crippen molar-refractivity contribution in [2.24, 2.45) is 4.99 Å². The molecule has 0 aliphatic rings. The molecule has 0 spiro atoms. The molecule has 0 aliphatic heterocycles. The first-order chi connectivity index (χ1) is 1.91. The fourth-order valence-corrected chi connectivity index (χ4v) is 0. The molecule has 0 N–H and O–H groups in total. The topological polar surface area (TPSA) is 12.4 Å². The zero-order valence-corrected chi connectivity index (χ0v) is 3.37. The number of rotatable bonds is 0. The van der Waals surface area contributed by atoms with Crippen molar-refractivity contribution in [1.29, 1.82) is 0 Å². The van der Waals surface area contributed by atoms with Gasteiger partial charge in [-0.05, 0) is 0 Å². The maximum atomic E-state index is 3.63. The largest absolute Gasteiger partial charge is 0.290 e. The number of hydrogen-bond donors (Lipinski definition) is 1. The molecule has 0 aromatic carbocycles. The van der Waals surface area contributed by atoms with Gasteiger partial charge in [0, 0.05) is 7.05 Å². The van der Waals surface area contributed by atoms with Gasteiger partial charge in [0.1, 0.15) is 0 Å². The van der Waals surface area contributed by atoms with Crippen LogP contribution in [-0.4, -0.2) is 12.6 Å². The van der Waals surface area contributed by atoms with Crippen LogP contribution in [0.25, 0.3) is 0 Å². The van der Waals surface area contributed by atoms with Crippen LogP contribution >= 0.6 is 12.6 Å². The van der Waals surface area contributed by atoms with Crippen LogP contribution in [0.1, 0.15) is 0 Å². The van der Waals surface area contributed by atoms with Gasteiger partial charge in [-0.2, -0.15) is 0 Å². The Hall–Kier alpha value is 0.0200. The van der Waals surface area contributed by atoms with Crippen LogP contribution in [0.3, 0.4) is 0 Å². The Morgan fingerprint density at radius 2 is 2.25 bits per heavy atom. The van der Waals surface area contributed by atoms with E-state index >= 15 is 0 Å². The van der Waals surface area contributed by atoms with Gasteiger partial charge >= 0.3 is 0 Å². The SMILES string of the molecule is CN=CS. The maximum absolute atomic E-state index is 3.63. The fourth-order valence-electron chi connectivity index (χ4n) is 0. The normalized spacial score (nSPS) is 9.50. The highest BCUT2D eigenvalue weighted by molar-refractivity contribution is 7.94. The molecule has 0 unspecified atom stereocenters. The molecule has 0 saturated heterocycles. The van der Waals surface area contributed by atoms with Gasteiger partial charge < -0.3 is 0 Å². The van der Waals surface area contributed by atoms with E-state index in [1.165, 1.54) is 5.55 Å². The minimum absolute atomic E-state index is 1.44. The molecule has 0 rings (SSSR count). The Bertz CT molecular complexity index is 21.2. The molecule has 0 heterocycles. The van der Waals surface area contributed by atoms with Gasteiger partial charge in [0.15, 0.2) is 0 Å². The zero-order valence-electron chi connectivity index (χ0n) is 2.47. The van der Waals surface area contributed by atoms with E-state index < -0.39 is 0 Å². The highest BCUT2D eigenvalue weighted by Gasteiger charge is 1.33. The Morgan fingerprint density at radius 3 is 2.25 bits per heavy atom. The van der Waals surface area contributed by atoms with Crippen molar-refractivity contribution in [2.75, 3.05) is 7.05 Å². The highest BCUT2D eigenvalue weighted by atomic mass is 32.1. The minimum atomic E-state index is 1.44. The van der Waals surface area contributed by atoms with Crippen LogP contribution in [0.15, 0.2) is 4.99 Å². The van der Waals surface area contributed by atoms with Gasteiger partial charge in [-0.1, -0.05) is 0 Å². The lowest BCUT2D eigenvalue weighted by Gasteiger charge is -1.52. The molecule has 0 amide bonds. The summed E-state index contributed by atoms with van der Waals surface area (Å²) in [7, 11) is 1.67. The standard InChI is InChI=1S/C2H5NS/c1-3-2-4/h2H,1H3,(H,3,4). The van der Waals surface area contributed by atoms with Crippen LogP contribution < -0.4 is 0 Å². The van der Waals surface area contributed by atoms with Crippen molar-refractivity contribution in [3.63, 3.8) is 0 Å². The van der Waals surface area contributed by atoms with E-state index in [2.05, 4.69) is 17.6 Å². The molecule has 0 aromatic heterocycles. The van der Waals surface area contributed by atoms with E-state index in [4.69, 9.17) is 0 Å². The van der Waals surface area contributed by atoms with Gasteiger partial charge in [0.05, 0.1) is 5.55 Å². The number of hydrogen-bond acceptors (Lipinski definition) is 1. The monoisotopic (exact) mass is 75.0 g/mol. The predicted octanol–water partition coefficient (Wildman–Crippen LogP) is 0.574. The fraction of sp³-hybridized carbons (Fsp3) is 0.500. The minimum Gasteiger partial charge on any atom is -0.290 e. The summed E-state index contributed by atoms with van der Waals surface area (Å²) in [4.78, 5) is 3.48. The number of nitrogens with zero attached hydrogens (tertiary/aromatic N) is 1. The average molecular weight is 75.1 g/mol. The summed E-state index contributed by atoms with van der Waals surface area (Å²) in [6.07, 6.45) is 0. The van der Waals surface area contributed by atoms with Crippen molar-refractivity contribution in [2.45, 2.75) is 0 Å². The first-order valence-corrected chi connectivity index (χ1v) is 1.48. The molecular formula is C2H5NS. The lowest BCUT2D eigenvalue weighted by atomic mass is 11.4. The smallest absolute Gasteiger partial charge is 0.0507 e. The van der Waals surface area contributed by atoms with E-state index in [0.29, 0.717) is 0 Å². The van der Waals surface area contributed by atoms with Gasteiger partial charge in [0.2, 0.25) is 0 Å². The summed E-state index contributed by atoms with van der Waals surface area (Å²) in [5.74, 6) is 0. The van der Waals surface area contributed by atoms with Crippen molar-refractivity contribution in [1.82, 2.24) is 0 Å². The average Bonchev–Trinajstić information content (AvgIpc) is 1.37. The van der Waals surface area contributed by atoms with Crippen LogP contribution in [0.4, 0.5) is 0 Å². The molecule has 2 heteroatoms. The van der Waals surface area contributed by atoms with E-state index in [9.17, 15) is 0 Å². The summed E-state index contributed by atoms with van der Waals surface area (Å²) in [5, 5.41) is 0. The van der Waals surface area contributed by atoms with E-state index in [1.807, 2.05) is 0 Å². The van der Waals surface area contributed by atoms with E-state index in [1.54, 1.807) is 7.05 Å². The van der Waals surface area contributed by atoms with Crippen LogP contribution in [0, 0.1) is 0 Å². The lowest BCUT2D eigenvalue weighted by Crippen LogP contribution is -1.41. The third kappa shape index (κ3) is 2.02.